The zero-order valence-electron chi connectivity index (χ0n) is 10.5. The SMILES string of the molecule is N/C(=N/O)c1ccccc1CNN1CCCCC1. The molecular weight excluding hydrogens is 228 g/mol. The highest BCUT2D eigenvalue weighted by Crippen LogP contribution is 2.10. The van der Waals surface area contributed by atoms with Gasteiger partial charge in [-0.25, -0.2) is 5.01 Å². The molecule has 5 nitrogen and oxygen atoms in total. The standard InChI is InChI=1S/C13H20N4O/c14-13(16-18)12-7-3-2-6-11(12)10-15-17-8-4-1-5-9-17/h2-3,6-7,15,18H,1,4-5,8-10H2,(H2,14,16). The summed E-state index contributed by atoms with van der Waals surface area (Å²) >= 11 is 0. The summed E-state index contributed by atoms with van der Waals surface area (Å²) in [5.41, 5.74) is 10.9. The Balaban J connectivity index is 2.00. The van der Waals surface area contributed by atoms with Crippen molar-refractivity contribution in [3.8, 4) is 0 Å². The molecule has 1 heterocycles. The monoisotopic (exact) mass is 248 g/mol. The second kappa shape index (κ2) is 6.37. The Bertz CT molecular complexity index is 413. The topological polar surface area (TPSA) is 73.9 Å². The number of hydrogen-bond acceptors (Lipinski definition) is 4. The van der Waals surface area contributed by atoms with Crippen LogP contribution in [-0.4, -0.2) is 29.1 Å². The summed E-state index contributed by atoms with van der Waals surface area (Å²) in [6, 6.07) is 7.70. The van der Waals surface area contributed by atoms with E-state index >= 15 is 0 Å². The molecule has 5 heteroatoms. The molecule has 1 aromatic rings. The van der Waals surface area contributed by atoms with Crippen molar-refractivity contribution >= 4 is 5.84 Å². The van der Waals surface area contributed by atoms with E-state index in [1.807, 2.05) is 24.3 Å². The van der Waals surface area contributed by atoms with E-state index in [9.17, 15) is 0 Å². The van der Waals surface area contributed by atoms with Gasteiger partial charge in [0.15, 0.2) is 5.84 Å². The smallest absolute Gasteiger partial charge is 0.170 e. The zero-order chi connectivity index (χ0) is 12.8. The number of nitrogens with zero attached hydrogens (tertiary/aromatic N) is 2. The minimum absolute atomic E-state index is 0.158. The van der Waals surface area contributed by atoms with Crippen molar-refractivity contribution in [2.24, 2.45) is 10.9 Å². The molecule has 0 saturated carbocycles. The molecule has 1 aromatic carbocycles. The number of hydrogen-bond donors (Lipinski definition) is 3. The predicted octanol–water partition coefficient (Wildman–Crippen LogP) is 1.27. The molecule has 0 aliphatic carbocycles. The highest BCUT2D eigenvalue weighted by atomic mass is 16.4. The fraction of sp³-hybridized carbons (Fsp3) is 0.462. The van der Waals surface area contributed by atoms with Gasteiger partial charge in [-0.2, -0.15) is 0 Å². The van der Waals surface area contributed by atoms with Gasteiger partial charge in [-0.3, -0.25) is 5.43 Å². The van der Waals surface area contributed by atoms with Gasteiger partial charge in [-0.1, -0.05) is 35.8 Å². The average Bonchev–Trinajstić information content (AvgIpc) is 2.45. The van der Waals surface area contributed by atoms with Crippen LogP contribution in [0.2, 0.25) is 0 Å². The third kappa shape index (κ3) is 3.21. The molecule has 0 spiro atoms. The number of oxime groups is 1. The molecule has 1 saturated heterocycles. The molecule has 98 valence electrons. The van der Waals surface area contributed by atoms with Crippen LogP contribution in [0, 0.1) is 0 Å². The third-order valence-electron chi connectivity index (χ3n) is 3.25. The Labute approximate surface area is 107 Å². The minimum Gasteiger partial charge on any atom is -0.409 e. The molecule has 0 atom stereocenters. The van der Waals surface area contributed by atoms with E-state index in [4.69, 9.17) is 10.9 Å². The molecule has 0 bridgehead atoms. The second-order valence-corrected chi connectivity index (χ2v) is 4.52. The zero-order valence-corrected chi connectivity index (χ0v) is 10.5. The van der Waals surface area contributed by atoms with Gasteiger partial charge in [0.05, 0.1) is 0 Å². The number of nitrogens with two attached hydrogens (primary N) is 1. The fourth-order valence-corrected chi connectivity index (χ4v) is 2.23. The Morgan fingerprint density at radius 3 is 2.72 bits per heavy atom. The van der Waals surface area contributed by atoms with Crippen molar-refractivity contribution in [3.63, 3.8) is 0 Å². The van der Waals surface area contributed by atoms with Crippen molar-refractivity contribution in [1.82, 2.24) is 10.4 Å². The fourth-order valence-electron chi connectivity index (χ4n) is 2.23. The normalized spacial score (nSPS) is 17.9. The van der Waals surface area contributed by atoms with Crippen LogP contribution >= 0.6 is 0 Å². The van der Waals surface area contributed by atoms with Crippen LogP contribution in [0.25, 0.3) is 0 Å². The highest BCUT2D eigenvalue weighted by Gasteiger charge is 2.11. The highest BCUT2D eigenvalue weighted by molar-refractivity contribution is 5.98. The molecule has 18 heavy (non-hydrogen) atoms. The van der Waals surface area contributed by atoms with Crippen molar-refractivity contribution in [3.05, 3.63) is 35.4 Å². The van der Waals surface area contributed by atoms with Crippen LogP contribution in [0.3, 0.4) is 0 Å². The Hall–Kier alpha value is -1.59. The lowest BCUT2D eigenvalue weighted by molar-refractivity contribution is 0.151. The summed E-state index contributed by atoms with van der Waals surface area (Å²) in [6.07, 6.45) is 3.81. The van der Waals surface area contributed by atoms with Gasteiger partial charge in [0, 0.05) is 25.2 Å². The van der Waals surface area contributed by atoms with E-state index in [0.29, 0.717) is 6.54 Å². The van der Waals surface area contributed by atoms with Gasteiger partial charge in [-0.05, 0) is 18.4 Å². The molecule has 0 aromatic heterocycles. The lowest BCUT2D eigenvalue weighted by Crippen LogP contribution is -2.41. The van der Waals surface area contributed by atoms with Gasteiger partial charge in [0.2, 0.25) is 0 Å². The van der Waals surface area contributed by atoms with E-state index in [0.717, 1.165) is 24.2 Å². The van der Waals surface area contributed by atoms with Gasteiger partial charge in [0.25, 0.3) is 0 Å². The first kappa shape index (κ1) is 12.9. The lowest BCUT2D eigenvalue weighted by atomic mass is 10.1. The van der Waals surface area contributed by atoms with Crippen LogP contribution < -0.4 is 11.2 Å². The van der Waals surface area contributed by atoms with Gasteiger partial charge in [-0.15, -0.1) is 0 Å². The largest absolute Gasteiger partial charge is 0.409 e. The number of hydrazine groups is 1. The third-order valence-corrected chi connectivity index (χ3v) is 3.25. The lowest BCUT2D eigenvalue weighted by Gasteiger charge is -2.27. The van der Waals surface area contributed by atoms with Crippen molar-refractivity contribution in [2.75, 3.05) is 13.1 Å². The van der Waals surface area contributed by atoms with Crippen LogP contribution in [0.4, 0.5) is 0 Å². The summed E-state index contributed by atoms with van der Waals surface area (Å²) < 4.78 is 0. The van der Waals surface area contributed by atoms with Crippen molar-refractivity contribution < 1.29 is 5.21 Å². The quantitative estimate of drug-likeness (QED) is 0.325. The van der Waals surface area contributed by atoms with E-state index in [1.165, 1.54) is 19.3 Å². The predicted molar refractivity (Wildman–Crippen MR) is 71.2 cm³/mol. The summed E-state index contributed by atoms with van der Waals surface area (Å²) in [5, 5.41) is 14.1. The van der Waals surface area contributed by atoms with E-state index in [1.54, 1.807) is 0 Å². The first-order valence-corrected chi connectivity index (χ1v) is 6.35. The van der Waals surface area contributed by atoms with Crippen molar-refractivity contribution in [2.45, 2.75) is 25.8 Å². The molecule has 0 radical (unpaired) electrons. The molecule has 0 amide bonds. The molecule has 1 fully saturated rings. The second-order valence-electron chi connectivity index (χ2n) is 4.52. The molecule has 1 aliphatic heterocycles. The van der Waals surface area contributed by atoms with Crippen molar-refractivity contribution in [1.29, 1.82) is 0 Å². The molecule has 0 unspecified atom stereocenters. The number of nitrogens with one attached hydrogen (secondary N) is 1. The molecule has 1 aliphatic rings. The summed E-state index contributed by atoms with van der Waals surface area (Å²) in [7, 11) is 0. The van der Waals surface area contributed by atoms with Crippen LogP contribution in [0.1, 0.15) is 30.4 Å². The van der Waals surface area contributed by atoms with Crippen LogP contribution in [0.15, 0.2) is 29.4 Å². The first-order chi connectivity index (χ1) is 8.81. The number of rotatable bonds is 4. The maximum absolute atomic E-state index is 8.76. The average molecular weight is 248 g/mol. The minimum atomic E-state index is 0.158. The summed E-state index contributed by atoms with van der Waals surface area (Å²) in [6.45, 7) is 2.88. The van der Waals surface area contributed by atoms with Gasteiger partial charge >= 0.3 is 0 Å². The van der Waals surface area contributed by atoms with E-state index in [2.05, 4.69) is 15.6 Å². The van der Waals surface area contributed by atoms with Gasteiger partial charge in [0.1, 0.15) is 0 Å². The Morgan fingerprint density at radius 1 is 1.28 bits per heavy atom. The van der Waals surface area contributed by atoms with Crippen LogP contribution in [0.5, 0.6) is 0 Å². The molecule has 4 N–H and O–H groups in total. The summed E-state index contributed by atoms with van der Waals surface area (Å²) in [4.78, 5) is 0. The number of piperidine rings is 1. The van der Waals surface area contributed by atoms with Gasteiger partial charge < -0.3 is 10.9 Å². The Morgan fingerprint density at radius 2 is 2.00 bits per heavy atom. The van der Waals surface area contributed by atoms with E-state index in [-0.39, 0.29) is 5.84 Å². The first-order valence-electron chi connectivity index (χ1n) is 6.35. The maximum atomic E-state index is 8.76. The van der Waals surface area contributed by atoms with E-state index < -0.39 is 0 Å². The maximum Gasteiger partial charge on any atom is 0.170 e. The summed E-state index contributed by atoms with van der Waals surface area (Å²) in [5.74, 6) is 0.158. The number of benzene rings is 1. The number of amidine groups is 1. The Kier molecular flexibility index (Phi) is 4.55. The molecule has 2 rings (SSSR count). The van der Waals surface area contributed by atoms with Crippen LogP contribution in [-0.2, 0) is 6.54 Å². The molecular formula is C13H20N4O.